The number of carbonyl (C=O) groups is 1. The molecule has 0 atom stereocenters. The first kappa shape index (κ1) is 15.2. The quantitative estimate of drug-likeness (QED) is 0.719. The topological polar surface area (TPSA) is 42.0 Å². The van der Waals surface area contributed by atoms with Crippen molar-refractivity contribution in [3.8, 4) is 11.3 Å². The van der Waals surface area contributed by atoms with Crippen LogP contribution in [0.5, 0.6) is 0 Å². The lowest BCUT2D eigenvalue weighted by atomic mass is 10.1. The number of nitrogens with zero attached hydrogens (tertiary/aromatic N) is 1. The van der Waals surface area contributed by atoms with Crippen molar-refractivity contribution in [3.05, 3.63) is 56.6 Å². The highest BCUT2D eigenvalue weighted by Gasteiger charge is 2.13. The van der Waals surface area contributed by atoms with Crippen molar-refractivity contribution in [2.75, 3.05) is 5.32 Å². The van der Waals surface area contributed by atoms with Gasteiger partial charge in [-0.25, -0.2) is 4.98 Å². The molecule has 0 fully saturated rings. The van der Waals surface area contributed by atoms with Crippen molar-refractivity contribution < 1.29 is 4.79 Å². The van der Waals surface area contributed by atoms with Gasteiger partial charge in [0.15, 0.2) is 5.13 Å². The van der Waals surface area contributed by atoms with E-state index >= 15 is 0 Å². The Hall–Kier alpha value is -1.69. The largest absolute Gasteiger partial charge is 0.302 e. The van der Waals surface area contributed by atoms with Crippen LogP contribution in [0.2, 0.25) is 5.02 Å². The fourth-order valence-corrected chi connectivity index (χ4v) is 3.83. The molecular weight excluding hydrogens is 336 g/mol. The van der Waals surface area contributed by atoms with E-state index in [2.05, 4.69) is 10.3 Å². The van der Waals surface area contributed by atoms with Crippen molar-refractivity contribution in [1.29, 1.82) is 0 Å². The Labute approximate surface area is 141 Å². The lowest BCUT2D eigenvalue weighted by Gasteiger charge is -2.00. The first-order valence-electron chi connectivity index (χ1n) is 6.67. The fourth-order valence-electron chi connectivity index (χ4n) is 2.09. The van der Waals surface area contributed by atoms with E-state index in [1.807, 2.05) is 48.7 Å². The molecule has 0 aliphatic rings. The molecule has 0 spiro atoms. The molecule has 2 heterocycles. The van der Waals surface area contributed by atoms with Gasteiger partial charge in [-0.2, -0.15) is 0 Å². The molecule has 0 radical (unpaired) electrons. The van der Waals surface area contributed by atoms with E-state index < -0.39 is 0 Å². The summed E-state index contributed by atoms with van der Waals surface area (Å²) in [6.45, 7) is 1.99. The van der Waals surface area contributed by atoms with Gasteiger partial charge in [0, 0.05) is 20.3 Å². The molecule has 0 unspecified atom stereocenters. The van der Waals surface area contributed by atoms with Crippen LogP contribution in [0.4, 0.5) is 5.13 Å². The molecule has 1 aromatic carbocycles. The van der Waals surface area contributed by atoms with E-state index in [1.165, 1.54) is 11.3 Å². The van der Waals surface area contributed by atoms with Crippen molar-refractivity contribution in [3.63, 3.8) is 0 Å². The van der Waals surface area contributed by atoms with E-state index in [0.717, 1.165) is 21.0 Å². The monoisotopic (exact) mass is 348 g/mol. The zero-order valence-electron chi connectivity index (χ0n) is 11.8. The lowest BCUT2D eigenvalue weighted by molar-refractivity contribution is -0.115. The van der Waals surface area contributed by atoms with Gasteiger partial charge in [-0.15, -0.1) is 22.7 Å². The summed E-state index contributed by atoms with van der Waals surface area (Å²) in [5.41, 5.74) is 1.82. The number of hydrogen-bond donors (Lipinski definition) is 1. The Morgan fingerprint density at radius 1 is 1.32 bits per heavy atom. The number of thiophene rings is 1. The number of carbonyl (C=O) groups excluding carboxylic acids is 1. The van der Waals surface area contributed by atoms with Crippen LogP contribution >= 0.6 is 34.3 Å². The number of hydrogen-bond acceptors (Lipinski definition) is 4. The van der Waals surface area contributed by atoms with Gasteiger partial charge < -0.3 is 5.32 Å². The maximum Gasteiger partial charge on any atom is 0.231 e. The lowest BCUT2D eigenvalue weighted by Crippen LogP contribution is -2.13. The second-order valence-electron chi connectivity index (χ2n) is 4.74. The van der Waals surface area contributed by atoms with Gasteiger partial charge in [-0.3, -0.25) is 4.79 Å². The predicted molar refractivity (Wildman–Crippen MR) is 93.9 cm³/mol. The number of nitrogens with one attached hydrogen (secondary N) is 1. The van der Waals surface area contributed by atoms with Crippen LogP contribution in [0.1, 0.15) is 9.75 Å². The van der Waals surface area contributed by atoms with Gasteiger partial charge >= 0.3 is 0 Å². The van der Waals surface area contributed by atoms with Crippen molar-refractivity contribution in [1.82, 2.24) is 4.98 Å². The Balaban J connectivity index is 1.76. The fraction of sp³-hybridized carbons (Fsp3) is 0.125. The second kappa shape index (κ2) is 6.60. The van der Waals surface area contributed by atoms with Gasteiger partial charge in [-0.05, 0) is 30.5 Å². The first-order valence-corrected chi connectivity index (χ1v) is 8.75. The number of aromatic nitrogens is 1. The molecule has 1 N–H and O–H groups in total. The average molecular weight is 349 g/mol. The molecule has 112 valence electrons. The maximum atomic E-state index is 12.0. The Morgan fingerprint density at radius 2 is 2.18 bits per heavy atom. The summed E-state index contributed by atoms with van der Waals surface area (Å²) in [6.07, 6.45) is 0.378. The standard InChI is InChI=1S/C16H13ClN2OS2/c1-10-15(11-4-2-5-12(17)8-11)19-16(22-10)18-14(20)9-13-6-3-7-21-13/h2-8H,9H2,1H3,(H,18,19,20). The van der Waals surface area contributed by atoms with E-state index in [9.17, 15) is 4.79 Å². The molecule has 0 aliphatic carbocycles. The number of rotatable bonds is 4. The molecule has 22 heavy (non-hydrogen) atoms. The number of aryl methyl sites for hydroxylation is 1. The minimum atomic E-state index is -0.0474. The van der Waals surface area contributed by atoms with Crippen molar-refractivity contribution in [2.24, 2.45) is 0 Å². The third-order valence-corrected chi connectivity index (χ3v) is 5.05. The molecule has 0 saturated carbocycles. The summed E-state index contributed by atoms with van der Waals surface area (Å²) in [5, 5.41) is 6.13. The maximum absolute atomic E-state index is 12.0. The number of benzene rings is 1. The summed E-state index contributed by atoms with van der Waals surface area (Å²) in [7, 11) is 0. The summed E-state index contributed by atoms with van der Waals surface area (Å²) in [6, 6.07) is 11.5. The van der Waals surface area contributed by atoms with Crippen LogP contribution < -0.4 is 5.32 Å². The minimum absolute atomic E-state index is 0.0474. The summed E-state index contributed by atoms with van der Waals surface area (Å²) < 4.78 is 0. The third-order valence-electron chi connectivity index (χ3n) is 3.06. The normalized spacial score (nSPS) is 10.6. The highest BCUT2D eigenvalue weighted by molar-refractivity contribution is 7.16. The zero-order valence-corrected chi connectivity index (χ0v) is 14.2. The van der Waals surface area contributed by atoms with Gasteiger partial charge in [0.05, 0.1) is 12.1 Å². The molecule has 3 aromatic rings. The van der Waals surface area contributed by atoms with Crippen molar-refractivity contribution in [2.45, 2.75) is 13.3 Å². The minimum Gasteiger partial charge on any atom is -0.302 e. The summed E-state index contributed by atoms with van der Waals surface area (Å²) in [4.78, 5) is 18.6. The molecule has 1 amide bonds. The van der Waals surface area contributed by atoms with Gasteiger partial charge in [0.1, 0.15) is 0 Å². The van der Waals surface area contributed by atoms with Gasteiger partial charge in [0.25, 0.3) is 0 Å². The Kier molecular flexibility index (Phi) is 4.57. The van der Waals surface area contributed by atoms with Crippen LogP contribution in [0.15, 0.2) is 41.8 Å². The van der Waals surface area contributed by atoms with Crippen LogP contribution in [0.25, 0.3) is 11.3 Å². The van der Waals surface area contributed by atoms with E-state index in [0.29, 0.717) is 16.6 Å². The predicted octanol–water partition coefficient (Wildman–Crippen LogP) is 5.01. The zero-order chi connectivity index (χ0) is 15.5. The van der Waals surface area contributed by atoms with Crippen LogP contribution in [-0.2, 0) is 11.2 Å². The number of anilines is 1. The van der Waals surface area contributed by atoms with Gasteiger partial charge in [0.2, 0.25) is 5.91 Å². The Morgan fingerprint density at radius 3 is 2.91 bits per heavy atom. The SMILES string of the molecule is Cc1sc(NC(=O)Cc2cccs2)nc1-c1cccc(Cl)c1. The highest BCUT2D eigenvalue weighted by Crippen LogP contribution is 2.31. The molecule has 0 bridgehead atoms. The summed E-state index contributed by atoms with van der Waals surface area (Å²) >= 11 is 9.07. The van der Waals surface area contributed by atoms with E-state index in [4.69, 9.17) is 11.6 Å². The number of halogens is 1. The Bertz CT molecular complexity index is 796. The molecule has 0 aliphatic heterocycles. The average Bonchev–Trinajstić information content (AvgIpc) is 3.08. The highest BCUT2D eigenvalue weighted by atomic mass is 35.5. The summed E-state index contributed by atoms with van der Waals surface area (Å²) in [5.74, 6) is -0.0474. The molecule has 3 nitrogen and oxygen atoms in total. The number of thiazole rings is 1. The first-order chi connectivity index (χ1) is 10.6. The van der Waals surface area contributed by atoms with Crippen LogP contribution in [0.3, 0.4) is 0 Å². The van der Waals surface area contributed by atoms with Gasteiger partial charge in [-0.1, -0.05) is 29.8 Å². The molecule has 2 aromatic heterocycles. The molecule has 6 heteroatoms. The molecule has 0 saturated heterocycles. The smallest absolute Gasteiger partial charge is 0.231 e. The number of amides is 1. The van der Waals surface area contributed by atoms with Crippen molar-refractivity contribution >= 4 is 45.3 Å². The molecule has 3 rings (SSSR count). The van der Waals surface area contributed by atoms with E-state index in [-0.39, 0.29) is 5.91 Å². The van der Waals surface area contributed by atoms with E-state index in [1.54, 1.807) is 11.3 Å². The van der Waals surface area contributed by atoms with Crippen LogP contribution in [-0.4, -0.2) is 10.9 Å². The third kappa shape index (κ3) is 3.55. The second-order valence-corrected chi connectivity index (χ2v) is 7.41. The van der Waals surface area contributed by atoms with Crippen LogP contribution in [0, 0.1) is 6.92 Å². The molecular formula is C16H13ClN2OS2.